The molecule has 0 saturated carbocycles. The van der Waals surface area contributed by atoms with Gasteiger partial charge in [-0.05, 0) is 30.0 Å². The fraction of sp³-hybridized carbons (Fsp3) is 0.0526. The Morgan fingerprint density at radius 1 is 0.857 bits per heavy atom. The Hall–Kier alpha value is -2.32. The smallest absolute Gasteiger partial charge is 0.0645 e. The molecule has 0 aliphatic carbocycles. The van der Waals surface area contributed by atoms with Crippen molar-refractivity contribution >= 4 is 22.2 Å². The monoisotopic (exact) mass is 289 g/mol. The van der Waals surface area contributed by atoms with Crippen LogP contribution in [-0.4, -0.2) is 4.98 Å². The first-order valence-corrected chi connectivity index (χ1v) is 7.92. The molecule has 0 bridgehead atoms. The van der Waals surface area contributed by atoms with Crippen molar-refractivity contribution in [3.05, 3.63) is 71.6 Å². The molecule has 2 heteroatoms. The van der Waals surface area contributed by atoms with Crippen LogP contribution in [0.2, 0.25) is 0 Å². The van der Waals surface area contributed by atoms with E-state index in [2.05, 4.69) is 78.0 Å². The average molecular weight is 289 g/mol. The highest BCUT2D eigenvalue weighted by Gasteiger charge is 2.15. The number of H-pyrrole nitrogens is 1. The number of fused-ring (bicyclic) bond motifs is 1. The van der Waals surface area contributed by atoms with E-state index in [9.17, 15) is 0 Å². The summed E-state index contributed by atoms with van der Waals surface area (Å²) in [4.78, 5) is 4.87. The number of benzene rings is 2. The molecule has 0 saturated heterocycles. The van der Waals surface area contributed by atoms with E-state index in [1.165, 1.54) is 38.2 Å². The van der Waals surface area contributed by atoms with Crippen molar-refractivity contribution < 1.29 is 0 Å². The summed E-state index contributed by atoms with van der Waals surface area (Å²) in [6.45, 7) is 2.12. The van der Waals surface area contributed by atoms with Gasteiger partial charge in [-0.25, -0.2) is 0 Å². The first kappa shape index (κ1) is 12.4. The second-order valence-corrected chi connectivity index (χ2v) is 6.21. The highest BCUT2D eigenvalue weighted by Crippen LogP contribution is 2.39. The van der Waals surface area contributed by atoms with Crippen molar-refractivity contribution in [2.45, 2.75) is 6.92 Å². The lowest BCUT2D eigenvalue weighted by atomic mass is 10.0. The first-order chi connectivity index (χ1) is 10.3. The third-order valence-corrected chi connectivity index (χ3v) is 4.70. The number of para-hydroxylation sites is 1. The number of rotatable bonds is 2. The summed E-state index contributed by atoms with van der Waals surface area (Å²) < 4.78 is 0. The van der Waals surface area contributed by atoms with Crippen LogP contribution < -0.4 is 0 Å². The lowest BCUT2D eigenvalue weighted by Crippen LogP contribution is -1.81. The number of aromatic nitrogens is 1. The second kappa shape index (κ2) is 4.90. The van der Waals surface area contributed by atoms with Gasteiger partial charge in [0.05, 0.1) is 10.6 Å². The molecular weight excluding hydrogens is 274 g/mol. The largest absolute Gasteiger partial charge is 0.353 e. The molecule has 0 unspecified atom stereocenters. The van der Waals surface area contributed by atoms with E-state index in [4.69, 9.17) is 0 Å². The minimum atomic E-state index is 1.19. The molecule has 0 spiro atoms. The van der Waals surface area contributed by atoms with Crippen LogP contribution in [0.15, 0.2) is 66.0 Å². The number of hydrogen-bond acceptors (Lipinski definition) is 1. The summed E-state index contributed by atoms with van der Waals surface area (Å²) in [5.74, 6) is 0. The van der Waals surface area contributed by atoms with Gasteiger partial charge in [0.2, 0.25) is 0 Å². The van der Waals surface area contributed by atoms with Crippen molar-refractivity contribution in [1.29, 1.82) is 0 Å². The number of thiophene rings is 1. The average Bonchev–Trinajstić information content (AvgIpc) is 3.15. The summed E-state index contributed by atoms with van der Waals surface area (Å²) >= 11 is 1.77. The molecule has 0 radical (unpaired) electrons. The first-order valence-electron chi connectivity index (χ1n) is 7.04. The van der Waals surface area contributed by atoms with Gasteiger partial charge in [0, 0.05) is 16.5 Å². The lowest BCUT2D eigenvalue weighted by molar-refractivity contribution is 1.46. The van der Waals surface area contributed by atoms with Gasteiger partial charge in [-0.1, -0.05) is 54.1 Å². The predicted molar refractivity (Wildman–Crippen MR) is 91.8 cm³/mol. The summed E-state index contributed by atoms with van der Waals surface area (Å²) in [6.07, 6.45) is 0. The molecule has 4 aromatic rings. The molecule has 21 heavy (non-hydrogen) atoms. The Kier molecular flexibility index (Phi) is 2.90. The minimum absolute atomic E-state index is 1.19. The zero-order valence-electron chi connectivity index (χ0n) is 11.8. The standard InChI is InChI=1S/C19H15NS/c1-13-8-10-14(11-9-13)18-15-5-2-3-6-16(15)20-19(18)17-7-4-12-21-17/h2-12,20H,1H3. The molecule has 0 amide bonds. The van der Waals surface area contributed by atoms with Gasteiger partial charge < -0.3 is 4.98 Å². The van der Waals surface area contributed by atoms with Crippen molar-refractivity contribution in [3.8, 4) is 21.7 Å². The van der Waals surface area contributed by atoms with Crippen LogP contribution in [-0.2, 0) is 0 Å². The highest BCUT2D eigenvalue weighted by atomic mass is 32.1. The normalized spacial score (nSPS) is 11.1. The van der Waals surface area contributed by atoms with E-state index in [1.54, 1.807) is 11.3 Å². The minimum Gasteiger partial charge on any atom is -0.353 e. The Morgan fingerprint density at radius 3 is 2.43 bits per heavy atom. The zero-order valence-corrected chi connectivity index (χ0v) is 12.6. The fourth-order valence-corrected chi connectivity index (χ4v) is 3.50. The molecule has 0 aliphatic rings. The van der Waals surface area contributed by atoms with Crippen molar-refractivity contribution in [1.82, 2.24) is 4.98 Å². The second-order valence-electron chi connectivity index (χ2n) is 5.26. The summed E-state index contributed by atoms with van der Waals surface area (Å²) in [5, 5.41) is 3.41. The van der Waals surface area contributed by atoms with Crippen LogP contribution in [0.1, 0.15) is 5.56 Å². The molecule has 0 aliphatic heterocycles. The summed E-state index contributed by atoms with van der Waals surface area (Å²) in [5.41, 5.74) is 6.26. The predicted octanol–water partition coefficient (Wildman–Crippen LogP) is 5.87. The quantitative estimate of drug-likeness (QED) is 0.475. The van der Waals surface area contributed by atoms with Gasteiger partial charge >= 0.3 is 0 Å². The van der Waals surface area contributed by atoms with E-state index in [0.29, 0.717) is 0 Å². The molecule has 1 N–H and O–H groups in total. The lowest BCUT2D eigenvalue weighted by Gasteiger charge is -2.04. The van der Waals surface area contributed by atoms with Gasteiger partial charge in [-0.2, -0.15) is 0 Å². The summed E-state index contributed by atoms with van der Waals surface area (Å²) in [7, 11) is 0. The molecular formula is C19H15NS. The maximum absolute atomic E-state index is 3.59. The molecule has 1 nitrogen and oxygen atoms in total. The maximum Gasteiger partial charge on any atom is 0.0645 e. The van der Waals surface area contributed by atoms with Crippen LogP contribution in [0.5, 0.6) is 0 Å². The highest BCUT2D eigenvalue weighted by molar-refractivity contribution is 7.13. The van der Waals surface area contributed by atoms with Gasteiger partial charge in [-0.3, -0.25) is 0 Å². The molecule has 2 heterocycles. The molecule has 2 aromatic carbocycles. The maximum atomic E-state index is 3.59. The van der Waals surface area contributed by atoms with E-state index in [1.807, 2.05) is 0 Å². The number of nitrogens with one attached hydrogen (secondary N) is 1. The molecule has 0 atom stereocenters. The van der Waals surface area contributed by atoms with Crippen LogP contribution in [0.4, 0.5) is 0 Å². The van der Waals surface area contributed by atoms with Gasteiger partial charge in [0.15, 0.2) is 0 Å². The van der Waals surface area contributed by atoms with Crippen LogP contribution in [0.3, 0.4) is 0 Å². The Morgan fingerprint density at radius 2 is 1.67 bits per heavy atom. The SMILES string of the molecule is Cc1ccc(-c2c(-c3cccs3)[nH]c3ccccc23)cc1. The number of aryl methyl sites for hydroxylation is 1. The van der Waals surface area contributed by atoms with Crippen LogP contribution >= 0.6 is 11.3 Å². The Bertz CT molecular complexity index is 883. The number of hydrogen-bond donors (Lipinski definition) is 1. The van der Waals surface area contributed by atoms with Crippen molar-refractivity contribution in [2.24, 2.45) is 0 Å². The van der Waals surface area contributed by atoms with Gasteiger partial charge in [0.1, 0.15) is 0 Å². The van der Waals surface area contributed by atoms with E-state index in [-0.39, 0.29) is 0 Å². The van der Waals surface area contributed by atoms with Crippen molar-refractivity contribution in [2.75, 3.05) is 0 Å². The molecule has 2 aromatic heterocycles. The van der Waals surface area contributed by atoms with Crippen LogP contribution in [0.25, 0.3) is 32.6 Å². The number of aromatic amines is 1. The van der Waals surface area contributed by atoms with E-state index < -0.39 is 0 Å². The third kappa shape index (κ3) is 2.08. The molecule has 102 valence electrons. The van der Waals surface area contributed by atoms with Crippen molar-refractivity contribution in [3.63, 3.8) is 0 Å². The van der Waals surface area contributed by atoms with Gasteiger partial charge in [0.25, 0.3) is 0 Å². The molecule has 0 fully saturated rings. The van der Waals surface area contributed by atoms with Crippen LogP contribution in [0, 0.1) is 6.92 Å². The van der Waals surface area contributed by atoms with E-state index >= 15 is 0 Å². The van der Waals surface area contributed by atoms with Gasteiger partial charge in [-0.15, -0.1) is 11.3 Å². The Balaban J connectivity index is 2.05. The Labute approximate surface area is 127 Å². The summed E-state index contributed by atoms with van der Waals surface area (Å²) in [6, 6.07) is 21.6. The topological polar surface area (TPSA) is 15.8 Å². The third-order valence-electron chi connectivity index (χ3n) is 3.81. The zero-order chi connectivity index (χ0) is 14.2. The van der Waals surface area contributed by atoms with E-state index in [0.717, 1.165) is 0 Å². The fourth-order valence-electron chi connectivity index (χ4n) is 2.77. The molecule has 4 rings (SSSR count).